The Kier molecular flexibility index (Phi) is 4.71. The third kappa shape index (κ3) is 7.38. The summed E-state index contributed by atoms with van der Waals surface area (Å²) in [6.45, 7) is 6.66. The summed E-state index contributed by atoms with van der Waals surface area (Å²) in [5.74, 6) is 0.585. The fraction of sp³-hybridized carbons (Fsp3) is 0.889. The maximum absolute atomic E-state index is 5.54. The van der Waals surface area contributed by atoms with Gasteiger partial charge in [0.2, 0.25) is 0 Å². The second kappa shape index (κ2) is 5.01. The van der Waals surface area contributed by atoms with Crippen LogP contribution in [0.4, 0.5) is 0 Å². The normalized spacial score (nSPS) is 13.2. The molecule has 0 atom stereocenters. The highest BCUT2D eigenvalue weighted by atomic mass is 16.6. The Hall–Kier alpha value is -0.730. The van der Waals surface area contributed by atoms with Crippen molar-refractivity contribution in [2.45, 2.75) is 40.0 Å². The van der Waals surface area contributed by atoms with Gasteiger partial charge in [-0.25, -0.2) is 0 Å². The van der Waals surface area contributed by atoms with E-state index in [0.717, 1.165) is 19.3 Å². The van der Waals surface area contributed by atoms with Crippen LogP contribution in [0.3, 0.4) is 0 Å². The van der Waals surface area contributed by atoms with Crippen LogP contribution in [0.5, 0.6) is 0 Å². The maximum Gasteiger partial charge on any atom is 0.139 e. The first-order chi connectivity index (χ1) is 5.45. The van der Waals surface area contributed by atoms with E-state index in [1.807, 2.05) is 0 Å². The quantitative estimate of drug-likeness (QED) is 0.401. The molecule has 0 aliphatic carbocycles. The third-order valence-corrected chi connectivity index (χ3v) is 1.57. The van der Waals surface area contributed by atoms with Crippen LogP contribution in [-0.4, -0.2) is 12.9 Å². The van der Waals surface area contributed by atoms with Crippen molar-refractivity contribution in [2.75, 3.05) is 7.11 Å². The van der Waals surface area contributed by atoms with Gasteiger partial charge in [0.1, 0.15) is 12.9 Å². The van der Waals surface area contributed by atoms with Gasteiger partial charge in [0, 0.05) is 6.42 Å². The molecule has 0 bridgehead atoms. The van der Waals surface area contributed by atoms with E-state index in [1.54, 1.807) is 0 Å². The van der Waals surface area contributed by atoms with Crippen LogP contribution < -0.4 is 5.73 Å². The summed E-state index contributed by atoms with van der Waals surface area (Å²) in [4.78, 5) is 4.55. The van der Waals surface area contributed by atoms with Crippen LogP contribution in [0.1, 0.15) is 40.0 Å². The SMILES string of the molecule is CO/N=C(\N)CCCC(C)(C)C. The molecule has 0 aromatic carbocycles. The molecule has 3 heteroatoms. The van der Waals surface area contributed by atoms with Crippen molar-refractivity contribution in [3.8, 4) is 0 Å². The van der Waals surface area contributed by atoms with E-state index >= 15 is 0 Å². The van der Waals surface area contributed by atoms with Crippen molar-refractivity contribution in [1.29, 1.82) is 0 Å². The predicted octanol–water partition coefficient (Wildman–Crippen LogP) is 2.12. The van der Waals surface area contributed by atoms with E-state index in [-0.39, 0.29) is 0 Å². The highest BCUT2D eigenvalue weighted by molar-refractivity contribution is 5.79. The molecule has 12 heavy (non-hydrogen) atoms. The van der Waals surface area contributed by atoms with Crippen molar-refractivity contribution < 1.29 is 4.84 Å². The molecule has 0 heterocycles. The topological polar surface area (TPSA) is 47.6 Å². The van der Waals surface area contributed by atoms with Crippen LogP contribution in [0, 0.1) is 5.41 Å². The van der Waals surface area contributed by atoms with Crippen molar-refractivity contribution in [2.24, 2.45) is 16.3 Å². The summed E-state index contributed by atoms with van der Waals surface area (Å²) in [6, 6.07) is 0. The van der Waals surface area contributed by atoms with E-state index in [2.05, 4.69) is 30.8 Å². The largest absolute Gasteiger partial charge is 0.398 e. The van der Waals surface area contributed by atoms with Crippen LogP contribution >= 0.6 is 0 Å². The number of nitrogens with zero attached hydrogens (tertiary/aromatic N) is 1. The fourth-order valence-corrected chi connectivity index (χ4v) is 0.963. The maximum atomic E-state index is 5.54. The molecule has 0 saturated heterocycles. The summed E-state index contributed by atoms with van der Waals surface area (Å²) in [6.07, 6.45) is 3.06. The van der Waals surface area contributed by atoms with Crippen molar-refractivity contribution in [3.63, 3.8) is 0 Å². The Morgan fingerprint density at radius 2 is 2.00 bits per heavy atom. The summed E-state index contributed by atoms with van der Waals surface area (Å²) in [5, 5.41) is 3.64. The molecule has 72 valence electrons. The average molecular weight is 172 g/mol. The number of amidine groups is 1. The lowest BCUT2D eigenvalue weighted by atomic mass is 9.90. The van der Waals surface area contributed by atoms with Gasteiger partial charge in [-0.15, -0.1) is 0 Å². The molecule has 0 fully saturated rings. The number of hydrogen-bond donors (Lipinski definition) is 1. The van der Waals surface area contributed by atoms with Gasteiger partial charge in [-0.3, -0.25) is 0 Å². The van der Waals surface area contributed by atoms with Gasteiger partial charge < -0.3 is 10.6 Å². The molecule has 0 radical (unpaired) electrons. The van der Waals surface area contributed by atoms with Crippen LogP contribution in [0.15, 0.2) is 5.16 Å². The zero-order valence-electron chi connectivity index (χ0n) is 8.55. The van der Waals surface area contributed by atoms with Crippen LogP contribution in [0.2, 0.25) is 0 Å². The van der Waals surface area contributed by atoms with Crippen molar-refractivity contribution in [3.05, 3.63) is 0 Å². The summed E-state index contributed by atoms with van der Waals surface area (Å²) < 4.78 is 0. The van der Waals surface area contributed by atoms with Gasteiger partial charge in [0.25, 0.3) is 0 Å². The standard InChI is InChI=1S/C9H20N2O/c1-9(2,3)7-5-6-8(10)11-12-4/h5-7H2,1-4H3,(H2,10,11). The fourth-order valence-electron chi connectivity index (χ4n) is 0.963. The number of hydrogen-bond acceptors (Lipinski definition) is 2. The van der Waals surface area contributed by atoms with Gasteiger partial charge in [-0.2, -0.15) is 0 Å². The molecule has 0 spiro atoms. The van der Waals surface area contributed by atoms with E-state index in [9.17, 15) is 0 Å². The molecule has 0 rings (SSSR count). The van der Waals surface area contributed by atoms with E-state index in [0.29, 0.717) is 11.3 Å². The minimum atomic E-state index is 0.382. The molecule has 0 amide bonds. The Bertz CT molecular complexity index is 147. The van der Waals surface area contributed by atoms with Gasteiger partial charge in [-0.05, 0) is 18.3 Å². The lowest BCUT2D eigenvalue weighted by molar-refractivity contribution is 0.211. The molecule has 3 nitrogen and oxygen atoms in total. The lowest BCUT2D eigenvalue weighted by Gasteiger charge is -2.17. The van der Waals surface area contributed by atoms with Gasteiger partial charge in [0.15, 0.2) is 0 Å². The number of oxime groups is 1. The zero-order valence-corrected chi connectivity index (χ0v) is 8.55. The molecule has 0 aromatic heterocycles. The Labute approximate surface area is 75.0 Å². The monoisotopic (exact) mass is 172 g/mol. The second-order valence-corrected chi connectivity index (χ2v) is 4.18. The highest BCUT2D eigenvalue weighted by Gasteiger charge is 2.09. The Morgan fingerprint density at radius 1 is 1.42 bits per heavy atom. The predicted molar refractivity (Wildman–Crippen MR) is 51.9 cm³/mol. The van der Waals surface area contributed by atoms with Gasteiger partial charge in [0.05, 0.1) is 0 Å². The van der Waals surface area contributed by atoms with E-state index in [1.165, 1.54) is 7.11 Å². The molecule has 0 unspecified atom stereocenters. The molecule has 0 aliphatic rings. The number of rotatable bonds is 4. The lowest BCUT2D eigenvalue weighted by Crippen LogP contribution is -2.13. The molecular weight excluding hydrogens is 152 g/mol. The van der Waals surface area contributed by atoms with E-state index < -0.39 is 0 Å². The first kappa shape index (κ1) is 11.3. The van der Waals surface area contributed by atoms with Gasteiger partial charge >= 0.3 is 0 Å². The molecule has 2 N–H and O–H groups in total. The minimum Gasteiger partial charge on any atom is -0.398 e. The molecule has 0 saturated carbocycles. The van der Waals surface area contributed by atoms with Crippen LogP contribution in [0.25, 0.3) is 0 Å². The van der Waals surface area contributed by atoms with Crippen LogP contribution in [-0.2, 0) is 4.84 Å². The molecular formula is C9H20N2O. The number of nitrogens with two attached hydrogens (primary N) is 1. The second-order valence-electron chi connectivity index (χ2n) is 4.18. The first-order valence-corrected chi connectivity index (χ1v) is 4.31. The molecule has 0 aliphatic heterocycles. The Balaban J connectivity index is 3.50. The smallest absolute Gasteiger partial charge is 0.139 e. The van der Waals surface area contributed by atoms with E-state index in [4.69, 9.17) is 5.73 Å². The molecule has 0 aromatic rings. The Morgan fingerprint density at radius 3 is 2.42 bits per heavy atom. The van der Waals surface area contributed by atoms with Gasteiger partial charge in [-0.1, -0.05) is 25.9 Å². The highest BCUT2D eigenvalue weighted by Crippen LogP contribution is 2.21. The summed E-state index contributed by atoms with van der Waals surface area (Å²) in [5.41, 5.74) is 5.92. The third-order valence-electron chi connectivity index (χ3n) is 1.57. The average Bonchev–Trinajstić information content (AvgIpc) is 1.84. The minimum absolute atomic E-state index is 0.382. The summed E-state index contributed by atoms with van der Waals surface area (Å²) >= 11 is 0. The zero-order chi connectivity index (χ0) is 9.61. The van der Waals surface area contributed by atoms with Crippen molar-refractivity contribution in [1.82, 2.24) is 0 Å². The summed E-state index contributed by atoms with van der Waals surface area (Å²) in [7, 11) is 1.51. The van der Waals surface area contributed by atoms with Crippen molar-refractivity contribution >= 4 is 5.84 Å². The first-order valence-electron chi connectivity index (χ1n) is 4.31.